The number of allylic oxidation sites excluding steroid dienone is 1. The maximum atomic E-state index is 14.5. The molecule has 0 spiro atoms. The molecule has 2 heterocycles. The fourth-order valence-electron chi connectivity index (χ4n) is 9.28. The summed E-state index contributed by atoms with van der Waals surface area (Å²) in [6.45, 7) is 4.42. The van der Waals surface area contributed by atoms with Gasteiger partial charge in [-0.2, -0.15) is 0 Å². The number of ether oxygens (including phenoxy) is 1. The zero-order valence-electron chi connectivity index (χ0n) is 25.0. The predicted molar refractivity (Wildman–Crippen MR) is 168 cm³/mol. The number of ketones is 2. The lowest BCUT2D eigenvalue weighted by atomic mass is 9.45. The number of hydrogen-bond donors (Lipinski definition) is 2. The number of thioether (sulfide) groups is 1. The second kappa shape index (κ2) is 11.1. The molecule has 3 saturated carbocycles. The number of aromatic nitrogens is 1. The van der Waals surface area contributed by atoms with E-state index < -0.39 is 23.2 Å². The molecule has 232 valence electrons. The van der Waals surface area contributed by atoms with Crippen molar-refractivity contribution in [3.63, 3.8) is 0 Å². The molecular formula is C34H38N2O6S2. The normalized spacial score (nSPS) is 34.5. The van der Waals surface area contributed by atoms with Crippen LogP contribution in [0.5, 0.6) is 0 Å². The third-order valence-corrected chi connectivity index (χ3v) is 13.5. The van der Waals surface area contributed by atoms with E-state index in [0.29, 0.717) is 25.0 Å². The zero-order valence-corrected chi connectivity index (χ0v) is 26.7. The van der Waals surface area contributed by atoms with Crippen LogP contribution < -0.4 is 5.32 Å². The molecule has 0 radical (unpaired) electrons. The number of thiazole rings is 1. The fraction of sp³-hybridized carbons (Fsp3) is 0.529. The van der Waals surface area contributed by atoms with Crippen molar-refractivity contribution in [2.24, 2.45) is 28.6 Å². The van der Waals surface area contributed by atoms with Gasteiger partial charge in [-0.1, -0.05) is 43.3 Å². The van der Waals surface area contributed by atoms with Crippen LogP contribution >= 0.6 is 23.1 Å². The molecule has 5 unspecified atom stereocenters. The lowest BCUT2D eigenvalue weighted by Gasteiger charge is -2.60. The molecule has 2 aromatic heterocycles. The highest BCUT2D eigenvalue weighted by Gasteiger charge is 2.70. The van der Waals surface area contributed by atoms with E-state index in [9.17, 15) is 19.5 Å². The minimum atomic E-state index is -1.39. The van der Waals surface area contributed by atoms with Gasteiger partial charge in [-0.3, -0.25) is 9.59 Å². The van der Waals surface area contributed by atoms with Gasteiger partial charge in [0.25, 0.3) is 0 Å². The quantitative estimate of drug-likeness (QED) is 0.275. The van der Waals surface area contributed by atoms with Crippen LogP contribution in [0.2, 0.25) is 0 Å². The van der Waals surface area contributed by atoms with E-state index in [-0.39, 0.29) is 47.0 Å². The number of rotatable bonds is 7. The lowest BCUT2D eigenvalue weighted by Crippen LogP contribution is -2.63. The van der Waals surface area contributed by atoms with Crippen molar-refractivity contribution in [3.05, 3.63) is 60.1 Å². The fourth-order valence-corrected chi connectivity index (χ4v) is 11.3. The Morgan fingerprint density at radius 3 is 2.80 bits per heavy atom. The first-order chi connectivity index (χ1) is 21.1. The van der Waals surface area contributed by atoms with Crippen molar-refractivity contribution in [2.45, 2.75) is 81.4 Å². The number of aliphatic hydroxyl groups excluding tert-OH is 1. The van der Waals surface area contributed by atoms with E-state index in [1.54, 1.807) is 29.7 Å². The number of nitrogens with zero attached hydrogens (tertiary/aromatic N) is 1. The number of amides is 1. The highest BCUT2D eigenvalue weighted by molar-refractivity contribution is 8.01. The number of carbonyl (C=O) groups is 3. The molecule has 1 aromatic carbocycles. The largest absolute Gasteiger partial charge is 0.467 e. The number of aliphatic hydroxyl groups is 1. The van der Waals surface area contributed by atoms with Crippen molar-refractivity contribution in [1.82, 2.24) is 10.3 Å². The van der Waals surface area contributed by atoms with Crippen LogP contribution in [0.15, 0.2) is 63.1 Å². The van der Waals surface area contributed by atoms with Crippen molar-refractivity contribution < 1.29 is 28.6 Å². The van der Waals surface area contributed by atoms with E-state index in [1.165, 1.54) is 17.3 Å². The molecule has 3 aromatic rings. The zero-order chi connectivity index (χ0) is 30.7. The second-order valence-electron chi connectivity index (χ2n) is 13.4. The number of fused-ring (bicyclic) bond motifs is 6. The molecule has 4 aliphatic carbocycles. The number of furan rings is 1. The third-order valence-electron chi connectivity index (χ3n) is 11.3. The summed E-state index contributed by atoms with van der Waals surface area (Å²) < 4.78 is 13.5. The minimum Gasteiger partial charge on any atom is -0.467 e. The number of para-hydroxylation sites is 1. The number of alkyl carbamates (subject to hydrolysis) is 1. The summed E-state index contributed by atoms with van der Waals surface area (Å²) >= 11 is 2.93. The molecule has 2 N–H and O–H groups in total. The third kappa shape index (κ3) is 4.75. The molecule has 7 atom stereocenters. The predicted octanol–water partition coefficient (Wildman–Crippen LogP) is 6.72. The van der Waals surface area contributed by atoms with Crippen LogP contribution in [0.25, 0.3) is 10.2 Å². The topological polar surface area (TPSA) is 119 Å². The molecule has 0 bridgehead atoms. The summed E-state index contributed by atoms with van der Waals surface area (Å²) in [4.78, 5) is 44.9. The number of carbonyl (C=O) groups excluding carboxylic acids is 3. The lowest BCUT2D eigenvalue weighted by molar-refractivity contribution is -0.179. The summed E-state index contributed by atoms with van der Waals surface area (Å²) in [6.07, 6.45) is 6.46. The van der Waals surface area contributed by atoms with Gasteiger partial charge < -0.3 is 19.6 Å². The van der Waals surface area contributed by atoms with Gasteiger partial charge in [0.1, 0.15) is 5.76 Å². The van der Waals surface area contributed by atoms with Gasteiger partial charge in [0.05, 0.1) is 34.9 Å². The van der Waals surface area contributed by atoms with Crippen LogP contribution in [-0.2, 0) is 20.9 Å². The SMILES string of the molecule is CC12CCC(=O)C=C1CCC1C2[C@@H](O)CC2(C)C1CC[C@]2(OC(=O)NCc1ccco1)C(=O)CSc1nc2ccccc2s1. The summed E-state index contributed by atoms with van der Waals surface area (Å²) in [5.74, 6) is 1.01. The Labute approximate surface area is 265 Å². The molecule has 44 heavy (non-hydrogen) atoms. The van der Waals surface area contributed by atoms with Gasteiger partial charge in [0.2, 0.25) is 0 Å². The first-order valence-corrected chi connectivity index (χ1v) is 17.4. The number of hydrogen-bond acceptors (Lipinski definition) is 9. The van der Waals surface area contributed by atoms with Crippen molar-refractivity contribution in [2.75, 3.05) is 5.75 Å². The maximum absolute atomic E-state index is 14.5. The molecular weight excluding hydrogens is 597 g/mol. The average molecular weight is 635 g/mol. The van der Waals surface area contributed by atoms with Crippen LogP contribution in [-0.4, -0.2) is 45.2 Å². The first-order valence-electron chi connectivity index (χ1n) is 15.6. The molecule has 0 saturated heterocycles. The maximum Gasteiger partial charge on any atom is 0.408 e. The Hall–Kier alpha value is -2.95. The number of benzene rings is 1. The number of nitrogens with one attached hydrogen (secondary N) is 1. The highest BCUT2D eigenvalue weighted by Crippen LogP contribution is 2.68. The summed E-state index contributed by atoms with van der Waals surface area (Å²) in [7, 11) is 0. The Balaban J connectivity index is 1.19. The molecule has 4 aliphatic rings. The summed E-state index contributed by atoms with van der Waals surface area (Å²) in [6, 6.07) is 11.4. The van der Waals surface area contributed by atoms with Crippen LogP contribution in [0, 0.1) is 28.6 Å². The van der Waals surface area contributed by atoms with Gasteiger partial charge in [-0.15, -0.1) is 11.3 Å². The molecule has 0 aliphatic heterocycles. The molecule has 10 heteroatoms. The van der Waals surface area contributed by atoms with E-state index >= 15 is 0 Å². The molecule has 8 nitrogen and oxygen atoms in total. The van der Waals surface area contributed by atoms with E-state index in [4.69, 9.17) is 14.1 Å². The van der Waals surface area contributed by atoms with Gasteiger partial charge in [-0.05, 0) is 92.0 Å². The molecule has 1 amide bonds. The van der Waals surface area contributed by atoms with E-state index in [2.05, 4.69) is 19.2 Å². The van der Waals surface area contributed by atoms with Crippen molar-refractivity contribution in [1.29, 1.82) is 0 Å². The monoisotopic (exact) mass is 634 g/mol. The van der Waals surface area contributed by atoms with Crippen molar-refractivity contribution >= 4 is 51.0 Å². The van der Waals surface area contributed by atoms with E-state index in [1.807, 2.05) is 30.3 Å². The first kappa shape index (κ1) is 29.7. The molecule has 3 fully saturated rings. The molecule has 7 rings (SSSR count). The standard InChI is InChI=1S/C34H38N2O6S2/c1-32-13-11-21(37)16-20(32)9-10-23-24-12-14-34(33(24,2)17-26(38)29(23)32,42-30(40)35-18-22-6-5-15-41-22)28(39)19-43-31-36-25-7-3-4-8-27(25)44-31/h3-8,15-16,23-24,26,29,38H,9-14,17-19H2,1-2H3,(H,35,40)/t23?,24?,26-,29?,32?,33?,34-/m0/s1. The van der Waals surface area contributed by atoms with Gasteiger partial charge >= 0.3 is 6.09 Å². The smallest absolute Gasteiger partial charge is 0.408 e. The van der Waals surface area contributed by atoms with Gasteiger partial charge in [-0.25, -0.2) is 9.78 Å². The van der Waals surface area contributed by atoms with Crippen LogP contribution in [0.4, 0.5) is 4.79 Å². The highest BCUT2D eigenvalue weighted by atomic mass is 32.2. The van der Waals surface area contributed by atoms with Crippen molar-refractivity contribution in [3.8, 4) is 0 Å². The average Bonchev–Trinajstić information content (AvgIpc) is 3.73. The Morgan fingerprint density at radius 1 is 1.16 bits per heavy atom. The van der Waals surface area contributed by atoms with Crippen LogP contribution in [0.3, 0.4) is 0 Å². The Morgan fingerprint density at radius 2 is 2.00 bits per heavy atom. The summed E-state index contributed by atoms with van der Waals surface area (Å²) in [5, 5.41) is 14.7. The Bertz CT molecular complexity index is 1600. The summed E-state index contributed by atoms with van der Waals surface area (Å²) in [5.41, 5.74) is -0.313. The van der Waals surface area contributed by atoms with E-state index in [0.717, 1.165) is 40.2 Å². The minimum absolute atomic E-state index is 0.00415. The number of Topliss-reactive ketones (excluding diaryl/α,β-unsaturated/α-hetero) is 1. The second-order valence-corrected chi connectivity index (χ2v) is 15.7. The van der Waals surface area contributed by atoms with Gasteiger partial charge in [0.15, 0.2) is 21.5 Å². The Kier molecular flexibility index (Phi) is 7.53. The van der Waals surface area contributed by atoms with Crippen LogP contribution in [0.1, 0.15) is 64.6 Å². The van der Waals surface area contributed by atoms with Gasteiger partial charge in [0, 0.05) is 11.8 Å².